The van der Waals surface area contributed by atoms with Gasteiger partial charge in [-0.15, -0.1) is 11.6 Å². The van der Waals surface area contributed by atoms with Crippen LogP contribution in [0.25, 0.3) is 11.0 Å². The maximum absolute atomic E-state index is 5.73. The Morgan fingerprint density at radius 2 is 2.27 bits per heavy atom. The second-order valence-electron chi connectivity index (χ2n) is 3.74. The summed E-state index contributed by atoms with van der Waals surface area (Å²) >= 11 is 5.73. The molecule has 80 valence electrons. The fraction of sp³-hybridized carbons (Fsp3) is 0.364. The molecule has 1 atom stereocenters. The summed E-state index contributed by atoms with van der Waals surface area (Å²) in [5, 5.41) is 3.23. The summed E-state index contributed by atoms with van der Waals surface area (Å²) in [7, 11) is 0. The zero-order valence-electron chi connectivity index (χ0n) is 8.63. The van der Waals surface area contributed by atoms with E-state index in [1.807, 2.05) is 24.3 Å². The van der Waals surface area contributed by atoms with Gasteiger partial charge in [-0.05, 0) is 18.1 Å². The van der Waals surface area contributed by atoms with Crippen LogP contribution in [0, 0.1) is 5.92 Å². The van der Waals surface area contributed by atoms with Gasteiger partial charge in [0, 0.05) is 12.4 Å². The first-order chi connectivity index (χ1) is 7.29. The number of hydrogen-bond donors (Lipinski definition) is 2. The van der Waals surface area contributed by atoms with Gasteiger partial charge in [-0.3, -0.25) is 0 Å². The number of imidazole rings is 1. The van der Waals surface area contributed by atoms with E-state index in [-0.39, 0.29) is 0 Å². The van der Waals surface area contributed by atoms with Gasteiger partial charge in [0.25, 0.3) is 0 Å². The van der Waals surface area contributed by atoms with Crippen LogP contribution in [-0.2, 0) is 0 Å². The number of alkyl halides is 1. The third-order valence-corrected chi connectivity index (χ3v) is 2.80. The molecule has 1 aromatic carbocycles. The first-order valence-corrected chi connectivity index (χ1v) is 5.57. The summed E-state index contributed by atoms with van der Waals surface area (Å²) in [5.41, 5.74) is 2.04. The molecule has 0 fully saturated rings. The Labute approximate surface area is 93.9 Å². The number of nitrogens with zero attached hydrogens (tertiary/aromatic N) is 1. The molecule has 0 spiro atoms. The van der Waals surface area contributed by atoms with E-state index < -0.39 is 0 Å². The van der Waals surface area contributed by atoms with Crippen molar-refractivity contribution in [1.29, 1.82) is 0 Å². The van der Waals surface area contributed by atoms with E-state index in [1.165, 1.54) is 0 Å². The highest BCUT2D eigenvalue weighted by atomic mass is 35.5. The lowest BCUT2D eigenvalue weighted by atomic mass is 10.2. The van der Waals surface area contributed by atoms with Crippen molar-refractivity contribution in [3.63, 3.8) is 0 Å². The molecule has 0 radical (unpaired) electrons. The van der Waals surface area contributed by atoms with E-state index >= 15 is 0 Å². The number of aromatic amines is 1. The van der Waals surface area contributed by atoms with Crippen LogP contribution in [0.2, 0.25) is 0 Å². The van der Waals surface area contributed by atoms with Crippen molar-refractivity contribution in [3.05, 3.63) is 24.3 Å². The van der Waals surface area contributed by atoms with Crippen molar-refractivity contribution >= 4 is 28.6 Å². The molecule has 0 amide bonds. The Hall–Kier alpha value is -1.22. The van der Waals surface area contributed by atoms with E-state index in [4.69, 9.17) is 11.6 Å². The molecule has 2 aromatic rings. The highest BCUT2D eigenvalue weighted by Crippen LogP contribution is 2.13. The Balaban J connectivity index is 2.09. The number of halogens is 1. The molecular formula is C11H14ClN3. The fourth-order valence-electron chi connectivity index (χ4n) is 1.36. The topological polar surface area (TPSA) is 40.7 Å². The summed E-state index contributed by atoms with van der Waals surface area (Å²) in [4.78, 5) is 7.62. The summed E-state index contributed by atoms with van der Waals surface area (Å²) in [6, 6.07) is 7.97. The van der Waals surface area contributed by atoms with E-state index in [0.29, 0.717) is 11.8 Å². The first-order valence-electron chi connectivity index (χ1n) is 5.04. The number of rotatable bonds is 4. The Morgan fingerprint density at radius 3 is 3.00 bits per heavy atom. The molecule has 0 bridgehead atoms. The average Bonchev–Trinajstić information content (AvgIpc) is 2.68. The van der Waals surface area contributed by atoms with Crippen LogP contribution in [0.3, 0.4) is 0 Å². The van der Waals surface area contributed by atoms with Gasteiger partial charge in [0.2, 0.25) is 5.95 Å². The molecule has 4 heteroatoms. The number of aromatic nitrogens is 2. The normalized spacial score (nSPS) is 12.9. The number of benzene rings is 1. The first kappa shape index (κ1) is 10.3. The number of para-hydroxylation sites is 2. The molecular weight excluding hydrogens is 210 g/mol. The van der Waals surface area contributed by atoms with E-state index in [9.17, 15) is 0 Å². The lowest BCUT2D eigenvalue weighted by Gasteiger charge is -2.07. The molecule has 1 aromatic heterocycles. The molecule has 0 aliphatic carbocycles. The maximum Gasteiger partial charge on any atom is 0.201 e. The third-order valence-electron chi connectivity index (χ3n) is 2.27. The van der Waals surface area contributed by atoms with Crippen molar-refractivity contribution in [2.24, 2.45) is 5.92 Å². The Bertz CT molecular complexity index is 405. The number of fused-ring (bicyclic) bond motifs is 1. The lowest BCUT2D eigenvalue weighted by Crippen LogP contribution is -2.13. The highest BCUT2D eigenvalue weighted by molar-refractivity contribution is 6.18. The maximum atomic E-state index is 5.73. The summed E-state index contributed by atoms with van der Waals surface area (Å²) in [6.45, 7) is 2.94. The van der Waals surface area contributed by atoms with Crippen LogP contribution < -0.4 is 5.32 Å². The minimum Gasteiger partial charge on any atom is -0.355 e. The van der Waals surface area contributed by atoms with Crippen LogP contribution in [-0.4, -0.2) is 22.4 Å². The van der Waals surface area contributed by atoms with Crippen molar-refractivity contribution in [3.8, 4) is 0 Å². The Kier molecular flexibility index (Phi) is 3.11. The fourth-order valence-corrected chi connectivity index (χ4v) is 1.47. The van der Waals surface area contributed by atoms with Crippen LogP contribution in [0.15, 0.2) is 24.3 Å². The Morgan fingerprint density at radius 1 is 1.47 bits per heavy atom. The molecule has 1 unspecified atom stereocenters. The SMILES string of the molecule is CC(CCl)CNc1nc2ccccc2[nH]1. The van der Waals surface area contributed by atoms with Gasteiger partial charge in [-0.25, -0.2) is 4.98 Å². The van der Waals surface area contributed by atoms with E-state index in [1.54, 1.807) is 0 Å². The minimum absolute atomic E-state index is 0.444. The zero-order valence-corrected chi connectivity index (χ0v) is 9.38. The summed E-state index contributed by atoms with van der Waals surface area (Å²) < 4.78 is 0. The summed E-state index contributed by atoms with van der Waals surface area (Å²) in [5.74, 6) is 1.92. The minimum atomic E-state index is 0.444. The highest BCUT2D eigenvalue weighted by Gasteiger charge is 2.03. The molecule has 1 heterocycles. The van der Waals surface area contributed by atoms with Gasteiger partial charge in [-0.1, -0.05) is 19.1 Å². The molecule has 0 aliphatic heterocycles. The van der Waals surface area contributed by atoms with Crippen LogP contribution in [0.1, 0.15) is 6.92 Å². The molecule has 3 nitrogen and oxygen atoms in total. The lowest BCUT2D eigenvalue weighted by molar-refractivity contribution is 0.693. The molecule has 2 N–H and O–H groups in total. The van der Waals surface area contributed by atoms with Crippen LogP contribution >= 0.6 is 11.6 Å². The molecule has 15 heavy (non-hydrogen) atoms. The van der Waals surface area contributed by atoms with Gasteiger partial charge in [0.1, 0.15) is 0 Å². The predicted octanol–water partition coefficient (Wildman–Crippen LogP) is 2.85. The van der Waals surface area contributed by atoms with Gasteiger partial charge in [0.05, 0.1) is 11.0 Å². The third kappa shape index (κ3) is 2.42. The molecule has 2 rings (SSSR count). The second kappa shape index (κ2) is 4.53. The number of hydrogen-bond acceptors (Lipinski definition) is 2. The summed E-state index contributed by atoms with van der Waals surface area (Å²) in [6.07, 6.45) is 0. The van der Waals surface area contributed by atoms with E-state index in [0.717, 1.165) is 23.5 Å². The smallest absolute Gasteiger partial charge is 0.201 e. The number of H-pyrrole nitrogens is 1. The molecule has 0 saturated carbocycles. The number of anilines is 1. The second-order valence-corrected chi connectivity index (χ2v) is 4.05. The quantitative estimate of drug-likeness (QED) is 0.783. The van der Waals surface area contributed by atoms with Gasteiger partial charge < -0.3 is 10.3 Å². The standard InChI is InChI=1S/C11H14ClN3/c1-8(6-12)7-13-11-14-9-4-2-3-5-10(9)15-11/h2-5,8H,6-7H2,1H3,(H2,13,14,15). The number of nitrogens with one attached hydrogen (secondary N) is 2. The average molecular weight is 224 g/mol. The molecule has 0 aliphatic rings. The van der Waals surface area contributed by atoms with Gasteiger partial charge in [-0.2, -0.15) is 0 Å². The van der Waals surface area contributed by atoms with Gasteiger partial charge >= 0.3 is 0 Å². The monoisotopic (exact) mass is 223 g/mol. The largest absolute Gasteiger partial charge is 0.355 e. The van der Waals surface area contributed by atoms with Crippen molar-refractivity contribution in [1.82, 2.24) is 9.97 Å². The molecule has 0 saturated heterocycles. The van der Waals surface area contributed by atoms with Crippen molar-refractivity contribution in [2.75, 3.05) is 17.7 Å². The van der Waals surface area contributed by atoms with Crippen LogP contribution in [0.5, 0.6) is 0 Å². The van der Waals surface area contributed by atoms with Crippen molar-refractivity contribution in [2.45, 2.75) is 6.92 Å². The van der Waals surface area contributed by atoms with E-state index in [2.05, 4.69) is 22.2 Å². The zero-order chi connectivity index (χ0) is 10.7. The van der Waals surface area contributed by atoms with Gasteiger partial charge in [0.15, 0.2) is 0 Å². The van der Waals surface area contributed by atoms with Crippen molar-refractivity contribution < 1.29 is 0 Å². The van der Waals surface area contributed by atoms with Crippen LogP contribution in [0.4, 0.5) is 5.95 Å². The predicted molar refractivity (Wildman–Crippen MR) is 64.5 cm³/mol.